The van der Waals surface area contributed by atoms with E-state index < -0.39 is 9.84 Å². The molecule has 1 N–H and O–H groups in total. The second-order valence-corrected chi connectivity index (χ2v) is 14.1. The van der Waals surface area contributed by atoms with Crippen LogP contribution >= 0.6 is 0 Å². The number of hydrogen-bond acceptors (Lipinski definition) is 10. The second kappa shape index (κ2) is 12.3. The number of nitrogens with one attached hydrogen (secondary N) is 1. The minimum atomic E-state index is -3.42. The number of anilines is 2. The fourth-order valence-electron chi connectivity index (χ4n) is 6.68. The topological polar surface area (TPSA) is 93.1 Å². The smallest absolute Gasteiger partial charge is 0.177 e. The minimum absolute atomic E-state index is 0.114. The third-order valence-electron chi connectivity index (χ3n) is 9.16. The molecule has 2 unspecified atom stereocenters. The Morgan fingerprint density at radius 3 is 2.47 bits per heavy atom. The summed E-state index contributed by atoms with van der Waals surface area (Å²) in [6, 6.07) is 13.8. The molecule has 10 nitrogen and oxygen atoms in total. The quantitative estimate of drug-likeness (QED) is 0.515. The van der Waals surface area contributed by atoms with Crippen molar-refractivity contribution in [3.8, 4) is 5.75 Å². The molecule has 6 rings (SSSR count). The molecular weight excluding hydrogens is 562 g/mol. The number of nitrogens with zero attached hydrogens (tertiary/aromatic N) is 6. The van der Waals surface area contributed by atoms with Crippen molar-refractivity contribution < 1.29 is 13.2 Å². The molecule has 0 saturated carbocycles. The summed E-state index contributed by atoms with van der Waals surface area (Å²) in [5.41, 5.74) is 2.72. The minimum Gasteiger partial charge on any atom is -0.496 e. The summed E-state index contributed by atoms with van der Waals surface area (Å²) in [7, 11) is 2.49. The van der Waals surface area contributed by atoms with Crippen molar-refractivity contribution in [3.63, 3.8) is 0 Å². The Morgan fingerprint density at radius 1 is 1.00 bits per heavy atom. The lowest BCUT2D eigenvalue weighted by Gasteiger charge is -2.42. The number of benzene rings is 2. The largest absolute Gasteiger partial charge is 0.496 e. The van der Waals surface area contributed by atoms with Crippen LogP contribution in [0, 0.1) is 0 Å². The summed E-state index contributed by atoms with van der Waals surface area (Å²) in [5, 5.41) is 3.35. The number of aliphatic imine (C=N–C) groups is 2. The first-order valence-corrected chi connectivity index (χ1v) is 17.0. The highest BCUT2D eigenvalue weighted by molar-refractivity contribution is 7.90. The van der Waals surface area contributed by atoms with Gasteiger partial charge in [0.2, 0.25) is 0 Å². The second-order valence-electron chi connectivity index (χ2n) is 12.1. The molecule has 0 aliphatic carbocycles. The SMILES string of the molecule is COc1cc(N2CCC(N3CCN(C)CC3)CC2)ccc1CC1=NC2C=CN(C)C2C(Nc2ccccc2S(C)(=O)=O)=N1. The molecule has 0 aromatic heterocycles. The standard InChI is InChI=1S/C32H43N7O3S/c1-36-17-19-39(20-18-36)24-11-15-38(16-12-24)25-10-9-23(28(22-25)42-3)21-30-33-27-13-14-37(2)31(27)32(35-30)34-26-7-5-6-8-29(26)43(4,40)41/h5-10,13-14,22,24,27,31H,11-12,15-21H2,1-4H3,(H,33,34,35). The van der Waals surface area contributed by atoms with Gasteiger partial charge in [-0.1, -0.05) is 18.2 Å². The van der Waals surface area contributed by atoms with Gasteiger partial charge >= 0.3 is 0 Å². The molecule has 4 aliphatic heterocycles. The molecule has 2 atom stereocenters. The summed E-state index contributed by atoms with van der Waals surface area (Å²) in [6.45, 7) is 6.76. The molecule has 0 amide bonds. The highest BCUT2D eigenvalue weighted by Crippen LogP contribution is 2.31. The van der Waals surface area contributed by atoms with Crippen molar-refractivity contribution in [1.82, 2.24) is 14.7 Å². The van der Waals surface area contributed by atoms with E-state index in [2.05, 4.69) is 56.2 Å². The van der Waals surface area contributed by atoms with Gasteiger partial charge in [-0.3, -0.25) is 9.89 Å². The van der Waals surface area contributed by atoms with Crippen LogP contribution in [0.3, 0.4) is 0 Å². The monoisotopic (exact) mass is 605 g/mol. The fourth-order valence-corrected chi connectivity index (χ4v) is 7.52. The van der Waals surface area contributed by atoms with E-state index in [4.69, 9.17) is 14.7 Å². The number of piperidine rings is 1. The first-order valence-electron chi connectivity index (χ1n) is 15.2. The van der Waals surface area contributed by atoms with Crippen molar-refractivity contribution in [2.24, 2.45) is 9.98 Å². The number of ether oxygens (including phenoxy) is 1. The van der Waals surface area contributed by atoms with Gasteiger partial charge < -0.3 is 24.8 Å². The van der Waals surface area contributed by atoms with Crippen LogP contribution in [0.4, 0.5) is 11.4 Å². The Balaban J connectivity index is 1.18. The molecule has 11 heteroatoms. The normalized spacial score (nSPS) is 23.6. The zero-order valence-electron chi connectivity index (χ0n) is 25.6. The van der Waals surface area contributed by atoms with Crippen molar-refractivity contribution in [3.05, 3.63) is 60.3 Å². The fraction of sp³-hybridized carbons (Fsp3) is 0.500. The van der Waals surface area contributed by atoms with Gasteiger partial charge in [-0.2, -0.15) is 0 Å². The Morgan fingerprint density at radius 2 is 1.74 bits per heavy atom. The van der Waals surface area contributed by atoms with Gasteiger partial charge in [0, 0.05) is 82.4 Å². The lowest BCUT2D eigenvalue weighted by atomic mass is 10.0. The number of rotatable bonds is 7. The van der Waals surface area contributed by atoms with Gasteiger partial charge in [-0.25, -0.2) is 13.4 Å². The van der Waals surface area contributed by atoms with Crippen LogP contribution in [0.15, 0.2) is 69.6 Å². The number of amidine groups is 2. The molecule has 230 valence electrons. The van der Waals surface area contributed by atoms with Crippen molar-refractivity contribution in [2.75, 3.05) is 76.9 Å². The van der Waals surface area contributed by atoms with Crippen LogP contribution in [0.1, 0.15) is 18.4 Å². The molecule has 2 saturated heterocycles. The summed E-state index contributed by atoms with van der Waals surface area (Å²) in [4.78, 5) is 19.8. The summed E-state index contributed by atoms with van der Waals surface area (Å²) in [5.74, 6) is 2.19. The van der Waals surface area contributed by atoms with E-state index in [9.17, 15) is 8.42 Å². The van der Waals surface area contributed by atoms with E-state index in [0.717, 1.165) is 37.5 Å². The summed E-state index contributed by atoms with van der Waals surface area (Å²) in [6.07, 6.45) is 8.17. The van der Waals surface area contributed by atoms with Crippen molar-refractivity contribution >= 4 is 32.9 Å². The van der Waals surface area contributed by atoms with Crippen LogP contribution in [0.2, 0.25) is 0 Å². The van der Waals surface area contributed by atoms with Crippen LogP contribution in [0.5, 0.6) is 5.75 Å². The molecular formula is C32H43N7O3S. The van der Waals surface area contributed by atoms with E-state index >= 15 is 0 Å². The Labute approximate surface area is 255 Å². The molecule has 0 spiro atoms. The van der Waals surface area contributed by atoms with E-state index in [-0.39, 0.29) is 17.0 Å². The first-order chi connectivity index (χ1) is 20.7. The molecule has 2 fully saturated rings. The Bertz CT molecular complexity index is 1520. The van der Waals surface area contributed by atoms with Gasteiger partial charge in [0.25, 0.3) is 0 Å². The summed E-state index contributed by atoms with van der Waals surface area (Å²) < 4.78 is 30.8. The van der Waals surface area contributed by atoms with Crippen molar-refractivity contribution in [2.45, 2.75) is 42.3 Å². The van der Waals surface area contributed by atoms with E-state index in [1.807, 2.05) is 19.3 Å². The van der Waals surface area contributed by atoms with Crippen LogP contribution in [-0.2, 0) is 16.3 Å². The molecule has 2 aromatic rings. The van der Waals surface area contributed by atoms with E-state index in [1.54, 1.807) is 25.3 Å². The van der Waals surface area contributed by atoms with Gasteiger partial charge in [-0.15, -0.1) is 0 Å². The van der Waals surface area contributed by atoms with Gasteiger partial charge in [0.15, 0.2) is 9.84 Å². The predicted molar refractivity (Wildman–Crippen MR) is 174 cm³/mol. The predicted octanol–water partition coefficient (Wildman–Crippen LogP) is 2.98. The molecule has 0 bridgehead atoms. The van der Waals surface area contributed by atoms with Gasteiger partial charge in [0.1, 0.15) is 23.5 Å². The number of sulfone groups is 1. The van der Waals surface area contributed by atoms with Crippen molar-refractivity contribution in [1.29, 1.82) is 0 Å². The third kappa shape index (κ3) is 6.44. The van der Waals surface area contributed by atoms with Crippen LogP contribution < -0.4 is 15.0 Å². The van der Waals surface area contributed by atoms with E-state index in [0.29, 0.717) is 29.8 Å². The number of fused-ring (bicyclic) bond motifs is 1. The Hall–Kier alpha value is -3.41. The summed E-state index contributed by atoms with van der Waals surface area (Å²) >= 11 is 0. The third-order valence-corrected chi connectivity index (χ3v) is 10.3. The molecule has 4 aliphatic rings. The maximum atomic E-state index is 12.5. The molecule has 2 aromatic carbocycles. The van der Waals surface area contributed by atoms with Crippen LogP contribution in [-0.4, -0.2) is 120 Å². The molecule has 4 heterocycles. The molecule has 0 radical (unpaired) electrons. The number of likely N-dealkylation sites (N-methyl/N-ethyl adjacent to an activating group) is 2. The maximum absolute atomic E-state index is 12.5. The highest BCUT2D eigenvalue weighted by Gasteiger charge is 2.36. The lowest BCUT2D eigenvalue weighted by Crippen LogP contribution is -2.52. The zero-order chi connectivity index (χ0) is 30.1. The van der Waals surface area contributed by atoms with Gasteiger partial charge in [0.05, 0.1) is 23.7 Å². The number of para-hydroxylation sites is 1. The van der Waals surface area contributed by atoms with E-state index in [1.165, 1.54) is 37.9 Å². The van der Waals surface area contributed by atoms with Crippen LogP contribution in [0.25, 0.3) is 0 Å². The number of methoxy groups -OCH3 is 1. The highest BCUT2D eigenvalue weighted by atomic mass is 32.2. The van der Waals surface area contributed by atoms with Gasteiger partial charge in [-0.05, 0) is 50.4 Å². The first kappa shape index (κ1) is 29.7. The average molecular weight is 606 g/mol. The average Bonchev–Trinajstić information content (AvgIpc) is 3.38. The Kier molecular flexibility index (Phi) is 8.48. The molecule has 43 heavy (non-hydrogen) atoms. The maximum Gasteiger partial charge on any atom is 0.177 e. The number of piperazine rings is 1. The zero-order valence-corrected chi connectivity index (χ0v) is 26.4. The number of hydrogen-bond donors (Lipinski definition) is 1. The lowest BCUT2D eigenvalue weighted by molar-refractivity contribution is 0.0982.